The molecule has 0 aliphatic heterocycles. The van der Waals surface area contributed by atoms with E-state index in [0.717, 1.165) is 50.2 Å². The number of nitrogens with one attached hydrogen (secondary N) is 1. The average molecular weight is 312 g/mol. The van der Waals surface area contributed by atoms with Crippen molar-refractivity contribution in [3.05, 3.63) is 59.7 Å². The lowest BCUT2D eigenvalue weighted by Gasteiger charge is -2.11. The Hall–Kier alpha value is -2.00. The van der Waals surface area contributed by atoms with Crippen LogP contribution in [0, 0.1) is 0 Å². The first-order valence-corrected chi connectivity index (χ1v) is 8.55. The summed E-state index contributed by atoms with van der Waals surface area (Å²) in [6.07, 6.45) is 4.20. The van der Waals surface area contributed by atoms with E-state index in [1.54, 1.807) is 0 Å². The Morgan fingerprint density at radius 1 is 0.957 bits per heavy atom. The van der Waals surface area contributed by atoms with Crippen LogP contribution in [0.5, 0.6) is 5.75 Å². The van der Waals surface area contributed by atoms with E-state index in [9.17, 15) is 0 Å². The molecule has 0 heterocycles. The van der Waals surface area contributed by atoms with Crippen molar-refractivity contribution in [3.8, 4) is 5.75 Å². The quantitative estimate of drug-likeness (QED) is 0.518. The minimum atomic E-state index is 0.693. The van der Waals surface area contributed by atoms with Crippen LogP contribution in [-0.2, 0) is 12.8 Å². The van der Waals surface area contributed by atoms with Gasteiger partial charge in [-0.05, 0) is 62.0 Å². The van der Waals surface area contributed by atoms with Gasteiger partial charge in [-0.1, -0.05) is 43.3 Å². The SMILES string of the molecule is CCNCCCc1ccc(OCCCc2ccccc2)c(N)c1. The van der Waals surface area contributed by atoms with Gasteiger partial charge < -0.3 is 15.8 Å². The van der Waals surface area contributed by atoms with E-state index in [0.29, 0.717) is 6.61 Å². The summed E-state index contributed by atoms with van der Waals surface area (Å²) >= 11 is 0. The molecule has 0 fully saturated rings. The van der Waals surface area contributed by atoms with Crippen LogP contribution >= 0.6 is 0 Å². The van der Waals surface area contributed by atoms with E-state index in [1.165, 1.54) is 11.1 Å². The molecule has 0 amide bonds. The van der Waals surface area contributed by atoms with Crippen molar-refractivity contribution < 1.29 is 4.74 Å². The topological polar surface area (TPSA) is 47.3 Å². The monoisotopic (exact) mass is 312 g/mol. The molecular formula is C20H28N2O. The zero-order valence-electron chi connectivity index (χ0n) is 14.1. The molecular weight excluding hydrogens is 284 g/mol. The molecule has 0 unspecified atom stereocenters. The van der Waals surface area contributed by atoms with Crippen LogP contribution in [0.4, 0.5) is 5.69 Å². The molecule has 124 valence electrons. The van der Waals surface area contributed by atoms with Gasteiger partial charge in [0.15, 0.2) is 0 Å². The number of aryl methyl sites for hydroxylation is 2. The highest BCUT2D eigenvalue weighted by Gasteiger charge is 2.02. The van der Waals surface area contributed by atoms with Gasteiger partial charge in [0.2, 0.25) is 0 Å². The molecule has 2 rings (SSSR count). The second-order valence-electron chi connectivity index (χ2n) is 5.77. The number of ether oxygens (including phenoxy) is 1. The first-order chi connectivity index (χ1) is 11.3. The van der Waals surface area contributed by atoms with Gasteiger partial charge in [0.1, 0.15) is 5.75 Å². The van der Waals surface area contributed by atoms with Gasteiger partial charge >= 0.3 is 0 Å². The summed E-state index contributed by atoms with van der Waals surface area (Å²) in [5.41, 5.74) is 9.47. The number of hydrogen-bond donors (Lipinski definition) is 2. The van der Waals surface area contributed by atoms with Crippen LogP contribution in [0.1, 0.15) is 30.9 Å². The highest BCUT2D eigenvalue weighted by atomic mass is 16.5. The third kappa shape index (κ3) is 6.33. The summed E-state index contributed by atoms with van der Waals surface area (Å²) in [5.74, 6) is 0.800. The molecule has 0 aromatic heterocycles. The third-order valence-electron chi connectivity index (χ3n) is 3.85. The molecule has 3 N–H and O–H groups in total. The fourth-order valence-electron chi connectivity index (χ4n) is 2.58. The number of anilines is 1. The zero-order chi connectivity index (χ0) is 16.3. The molecule has 0 radical (unpaired) electrons. The number of nitrogens with two attached hydrogens (primary N) is 1. The second-order valence-corrected chi connectivity index (χ2v) is 5.77. The van der Waals surface area contributed by atoms with Crippen molar-refractivity contribution in [1.29, 1.82) is 0 Å². The van der Waals surface area contributed by atoms with Crippen molar-refractivity contribution in [2.24, 2.45) is 0 Å². The highest BCUT2D eigenvalue weighted by Crippen LogP contribution is 2.23. The van der Waals surface area contributed by atoms with Crippen molar-refractivity contribution >= 4 is 5.69 Å². The van der Waals surface area contributed by atoms with Gasteiger partial charge in [-0.3, -0.25) is 0 Å². The van der Waals surface area contributed by atoms with E-state index in [1.807, 2.05) is 18.2 Å². The Morgan fingerprint density at radius 2 is 1.74 bits per heavy atom. The predicted molar refractivity (Wildman–Crippen MR) is 98.0 cm³/mol. The van der Waals surface area contributed by atoms with Crippen molar-refractivity contribution in [3.63, 3.8) is 0 Å². The largest absolute Gasteiger partial charge is 0.491 e. The van der Waals surface area contributed by atoms with E-state index in [4.69, 9.17) is 10.5 Å². The van der Waals surface area contributed by atoms with Crippen LogP contribution in [0.15, 0.2) is 48.5 Å². The van der Waals surface area contributed by atoms with Gasteiger partial charge in [-0.25, -0.2) is 0 Å². The standard InChI is InChI=1S/C20H28N2O/c1-2-22-14-6-10-18-12-13-20(19(21)16-18)23-15-7-11-17-8-4-3-5-9-17/h3-5,8-9,12-13,16,22H,2,6-7,10-11,14-15,21H2,1H3. The van der Waals surface area contributed by atoms with Gasteiger partial charge in [0.25, 0.3) is 0 Å². The van der Waals surface area contributed by atoms with Crippen molar-refractivity contribution in [2.75, 3.05) is 25.4 Å². The Morgan fingerprint density at radius 3 is 2.48 bits per heavy atom. The van der Waals surface area contributed by atoms with E-state index in [2.05, 4.69) is 42.6 Å². The normalized spacial score (nSPS) is 10.7. The summed E-state index contributed by atoms with van der Waals surface area (Å²) in [6.45, 7) is 4.90. The lowest BCUT2D eigenvalue weighted by atomic mass is 10.1. The summed E-state index contributed by atoms with van der Waals surface area (Å²) in [4.78, 5) is 0. The Bertz CT molecular complexity index is 569. The summed E-state index contributed by atoms with van der Waals surface area (Å²) in [6, 6.07) is 16.6. The van der Waals surface area contributed by atoms with Gasteiger partial charge in [-0.2, -0.15) is 0 Å². The molecule has 2 aromatic carbocycles. The van der Waals surface area contributed by atoms with Crippen LogP contribution in [0.2, 0.25) is 0 Å². The Balaban J connectivity index is 1.72. The number of nitrogen functional groups attached to an aromatic ring is 1. The van der Waals surface area contributed by atoms with Gasteiger partial charge in [0.05, 0.1) is 12.3 Å². The van der Waals surface area contributed by atoms with Gasteiger partial charge in [-0.15, -0.1) is 0 Å². The van der Waals surface area contributed by atoms with Crippen molar-refractivity contribution in [2.45, 2.75) is 32.6 Å². The summed E-state index contributed by atoms with van der Waals surface area (Å²) < 4.78 is 5.82. The lowest BCUT2D eigenvalue weighted by molar-refractivity contribution is 0.312. The van der Waals surface area contributed by atoms with Crippen LogP contribution in [0.3, 0.4) is 0 Å². The molecule has 0 bridgehead atoms. The Labute approximate surface area is 139 Å². The number of rotatable bonds is 10. The smallest absolute Gasteiger partial charge is 0.142 e. The van der Waals surface area contributed by atoms with E-state index in [-0.39, 0.29) is 0 Å². The fraction of sp³-hybridized carbons (Fsp3) is 0.400. The second kappa shape index (κ2) is 9.90. The first-order valence-electron chi connectivity index (χ1n) is 8.55. The maximum absolute atomic E-state index is 6.10. The van der Waals surface area contributed by atoms with Crippen molar-refractivity contribution in [1.82, 2.24) is 5.32 Å². The fourth-order valence-corrected chi connectivity index (χ4v) is 2.58. The molecule has 0 aliphatic rings. The molecule has 2 aromatic rings. The van der Waals surface area contributed by atoms with Crippen LogP contribution in [-0.4, -0.2) is 19.7 Å². The zero-order valence-corrected chi connectivity index (χ0v) is 14.1. The molecule has 3 heteroatoms. The van der Waals surface area contributed by atoms with Gasteiger partial charge in [0, 0.05) is 0 Å². The minimum absolute atomic E-state index is 0.693. The summed E-state index contributed by atoms with van der Waals surface area (Å²) in [5, 5.41) is 3.34. The third-order valence-corrected chi connectivity index (χ3v) is 3.85. The average Bonchev–Trinajstić information content (AvgIpc) is 2.58. The molecule has 0 spiro atoms. The maximum Gasteiger partial charge on any atom is 0.142 e. The van der Waals surface area contributed by atoms with Crippen LogP contribution < -0.4 is 15.8 Å². The Kier molecular flexibility index (Phi) is 7.47. The number of hydrogen-bond acceptors (Lipinski definition) is 3. The van der Waals surface area contributed by atoms with E-state index >= 15 is 0 Å². The molecule has 0 saturated carbocycles. The summed E-state index contributed by atoms with van der Waals surface area (Å²) in [7, 11) is 0. The molecule has 0 saturated heterocycles. The molecule has 23 heavy (non-hydrogen) atoms. The first kappa shape index (κ1) is 17.4. The maximum atomic E-state index is 6.10. The lowest BCUT2D eigenvalue weighted by Crippen LogP contribution is -2.14. The molecule has 0 atom stereocenters. The molecule has 0 aliphatic carbocycles. The highest BCUT2D eigenvalue weighted by molar-refractivity contribution is 5.54. The predicted octanol–water partition coefficient (Wildman–Crippen LogP) is 3.82. The van der Waals surface area contributed by atoms with Crippen LogP contribution in [0.25, 0.3) is 0 Å². The number of benzene rings is 2. The minimum Gasteiger partial charge on any atom is -0.491 e. The van der Waals surface area contributed by atoms with E-state index < -0.39 is 0 Å². The molecule has 3 nitrogen and oxygen atoms in total.